The van der Waals surface area contributed by atoms with Crippen molar-refractivity contribution in [3.05, 3.63) is 45.9 Å². The summed E-state index contributed by atoms with van der Waals surface area (Å²) >= 11 is 1.77. The van der Waals surface area contributed by atoms with Gasteiger partial charge in [0, 0.05) is 4.88 Å². The van der Waals surface area contributed by atoms with Crippen LogP contribution < -0.4 is 11.1 Å². The van der Waals surface area contributed by atoms with Gasteiger partial charge in [0.1, 0.15) is 5.69 Å². The summed E-state index contributed by atoms with van der Waals surface area (Å²) in [6.45, 7) is 0. The number of nitrogens with one attached hydrogen (secondary N) is 1. The molecule has 3 N–H and O–H groups in total. The number of aryl methyl sites for hydroxylation is 1. The highest BCUT2D eigenvalue weighted by Crippen LogP contribution is 2.33. The molecular weight excluding hydrogens is 258 g/mol. The smallest absolute Gasteiger partial charge is 0.270 e. The number of nitrogens with two attached hydrogens (primary N) is 1. The molecule has 0 spiro atoms. The van der Waals surface area contributed by atoms with Crippen LogP contribution in [0.4, 0.5) is 5.69 Å². The van der Waals surface area contributed by atoms with Crippen molar-refractivity contribution in [3.8, 4) is 0 Å². The van der Waals surface area contributed by atoms with E-state index < -0.39 is 0 Å². The van der Waals surface area contributed by atoms with Crippen molar-refractivity contribution in [1.82, 2.24) is 10.3 Å². The van der Waals surface area contributed by atoms with Crippen molar-refractivity contribution in [2.24, 2.45) is 0 Å². The molecule has 0 aromatic carbocycles. The van der Waals surface area contributed by atoms with Gasteiger partial charge >= 0.3 is 0 Å². The molecular formula is C14H15N3OS. The molecule has 1 aliphatic carbocycles. The Morgan fingerprint density at radius 1 is 1.42 bits per heavy atom. The van der Waals surface area contributed by atoms with Crippen LogP contribution in [0.15, 0.2) is 29.8 Å². The number of hydrogen-bond acceptors (Lipinski definition) is 4. The molecule has 0 bridgehead atoms. The summed E-state index contributed by atoms with van der Waals surface area (Å²) in [5.41, 5.74) is 7.81. The fraction of sp³-hybridized carbons (Fsp3) is 0.286. The van der Waals surface area contributed by atoms with Crippen molar-refractivity contribution in [2.45, 2.75) is 25.3 Å². The number of nitrogen functional groups attached to an aromatic ring is 1. The minimum atomic E-state index is -0.135. The number of hydrogen-bond donors (Lipinski definition) is 2. The molecule has 1 unspecified atom stereocenters. The van der Waals surface area contributed by atoms with E-state index in [1.165, 1.54) is 16.6 Å². The SMILES string of the molecule is Nc1ccc(C(=O)NC2CCCc3sccc32)nc1. The number of carbonyl (C=O) groups is 1. The highest BCUT2D eigenvalue weighted by Gasteiger charge is 2.23. The molecule has 98 valence electrons. The van der Waals surface area contributed by atoms with Gasteiger partial charge in [-0.2, -0.15) is 0 Å². The molecule has 5 heteroatoms. The Bertz CT molecular complexity index is 591. The van der Waals surface area contributed by atoms with Gasteiger partial charge in [0.2, 0.25) is 0 Å². The third-order valence-electron chi connectivity index (χ3n) is 3.38. The Morgan fingerprint density at radius 3 is 3.11 bits per heavy atom. The fourth-order valence-electron chi connectivity index (χ4n) is 2.41. The average Bonchev–Trinajstić information content (AvgIpc) is 2.89. The summed E-state index contributed by atoms with van der Waals surface area (Å²) in [5, 5.41) is 5.16. The molecule has 1 amide bonds. The normalized spacial score (nSPS) is 17.8. The number of anilines is 1. The molecule has 0 radical (unpaired) electrons. The van der Waals surface area contributed by atoms with E-state index in [2.05, 4.69) is 21.7 Å². The Balaban J connectivity index is 1.76. The quantitative estimate of drug-likeness (QED) is 0.883. The number of thiophene rings is 1. The third-order valence-corrected chi connectivity index (χ3v) is 4.37. The van der Waals surface area contributed by atoms with E-state index in [1.807, 2.05) is 0 Å². The Kier molecular flexibility index (Phi) is 3.21. The number of rotatable bonds is 2. The molecule has 1 atom stereocenters. The molecule has 2 aromatic heterocycles. The molecule has 0 aliphatic heterocycles. The van der Waals surface area contributed by atoms with Gasteiger partial charge in [-0.25, -0.2) is 4.98 Å². The summed E-state index contributed by atoms with van der Waals surface area (Å²) in [5.74, 6) is -0.135. The van der Waals surface area contributed by atoms with Gasteiger partial charge in [0.05, 0.1) is 17.9 Å². The highest BCUT2D eigenvalue weighted by atomic mass is 32.1. The van der Waals surface area contributed by atoms with Crippen LogP contribution >= 0.6 is 11.3 Å². The van der Waals surface area contributed by atoms with E-state index in [0.717, 1.165) is 19.3 Å². The lowest BCUT2D eigenvalue weighted by atomic mass is 9.94. The number of aromatic nitrogens is 1. The zero-order chi connectivity index (χ0) is 13.2. The number of nitrogens with zero attached hydrogens (tertiary/aromatic N) is 1. The van der Waals surface area contributed by atoms with Gasteiger partial charge in [-0.3, -0.25) is 4.79 Å². The van der Waals surface area contributed by atoms with Crippen LogP contribution in [0.3, 0.4) is 0 Å². The van der Waals surface area contributed by atoms with Crippen LogP contribution in [0.1, 0.15) is 39.8 Å². The van der Waals surface area contributed by atoms with E-state index in [1.54, 1.807) is 23.5 Å². The van der Waals surface area contributed by atoms with Crippen LogP contribution in [0.25, 0.3) is 0 Å². The highest BCUT2D eigenvalue weighted by molar-refractivity contribution is 7.10. The second-order valence-electron chi connectivity index (χ2n) is 4.69. The number of carbonyl (C=O) groups excluding carboxylic acids is 1. The topological polar surface area (TPSA) is 68.0 Å². The number of fused-ring (bicyclic) bond motifs is 1. The van der Waals surface area contributed by atoms with E-state index in [-0.39, 0.29) is 11.9 Å². The zero-order valence-electron chi connectivity index (χ0n) is 10.4. The fourth-order valence-corrected chi connectivity index (χ4v) is 3.40. The molecule has 0 fully saturated rings. The van der Waals surface area contributed by atoms with Crippen LogP contribution in [-0.2, 0) is 6.42 Å². The minimum Gasteiger partial charge on any atom is -0.397 e. The predicted octanol–water partition coefficient (Wildman–Crippen LogP) is 2.53. The molecule has 2 aromatic rings. The maximum atomic E-state index is 12.1. The molecule has 4 nitrogen and oxygen atoms in total. The molecule has 2 heterocycles. The maximum Gasteiger partial charge on any atom is 0.270 e. The van der Waals surface area contributed by atoms with Crippen molar-refractivity contribution >= 4 is 22.9 Å². The van der Waals surface area contributed by atoms with Crippen LogP contribution in [0.2, 0.25) is 0 Å². The predicted molar refractivity (Wildman–Crippen MR) is 76.1 cm³/mol. The Labute approximate surface area is 115 Å². The summed E-state index contributed by atoms with van der Waals surface area (Å²) in [7, 11) is 0. The lowest BCUT2D eigenvalue weighted by Gasteiger charge is -2.23. The van der Waals surface area contributed by atoms with Crippen molar-refractivity contribution < 1.29 is 4.79 Å². The summed E-state index contributed by atoms with van der Waals surface area (Å²) in [4.78, 5) is 17.6. The van der Waals surface area contributed by atoms with Crippen LogP contribution in [0, 0.1) is 0 Å². The number of pyridine rings is 1. The number of amides is 1. The average molecular weight is 273 g/mol. The standard InChI is InChI=1S/C14H15N3OS/c15-9-4-5-12(16-8-9)14(18)17-11-2-1-3-13-10(11)6-7-19-13/h4-8,11H,1-3,15H2,(H,17,18). The first-order valence-electron chi connectivity index (χ1n) is 6.32. The zero-order valence-corrected chi connectivity index (χ0v) is 11.2. The maximum absolute atomic E-state index is 12.1. The minimum absolute atomic E-state index is 0.113. The van der Waals surface area contributed by atoms with Gasteiger partial charge in [0.25, 0.3) is 5.91 Å². The van der Waals surface area contributed by atoms with Crippen molar-refractivity contribution in [2.75, 3.05) is 5.73 Å². The first-order chi connectivity index (χ1) is 9.24. The molecule has 3 rings (SSSR count). The first kappa shape index (κ1) is 12.2. The molecule has 0 saturated carbocycles. The van der Waals surface area contributed by atoms with E-state index in [9.17, 15) is 4.79 Å². The van der Waals surface area contributed by atoms with Gasteiger partial charge in [-0.05, 0) is 48.4 Å². The van der Waals surface area contributed by atoms with Gasteiger partial charge in [-0.15, -0.1) is 11.3 Å². The van der Waals surface area contributed by atoms with Crippen molar-refractivity contribution in [3.63, 3.8) is 0 Å². The molecule has 0 saturated heterocycles. The lowest BCUT2D eigenvalue weighted by Crippen LogP contribution is -2.30. The van der Waals surface area contributed by atoms with E-state index >= 15 is 0 Å². The largest absolute Gasteiger partial charge is 0.397 e. The van der Waals surface area contributed by atoms with Crippen LogP contribution in [0.5, 0.6) is 0 Å². The van der Waals surface area contributed by atoms with E-state index in [0.29, 0.717) is 11.4 Å². The Morgan fingerprint density at radius 2 is 2.32 bits per heavy atom. The van der Waals surface area contributed by atoms with E-state index in [4.69, 9.17) is 5.73 Å². The Hall–Kier alpha value is -1.88. The molecule has 1 aliphatic rings. The summed E-state index contributed by atoms with van der Waals surface area (Å²) in [6, 6.07) is 5.57. The van der Waals surface area contributed by atoms with Crippen molar-refractivity contribution in [1.29, 1.82) is 0 Å². The molecule has 19 heavy (non-hydrogen) atoms. The first-order valence-corrected chi connectivity index (χ1v) is 7.20. The second kappa shape index (κ2) is 5.01. The van der Waals surface area contributed by atoms with Gasteiger partial charge in [-0.1, -0.05) is 0 Å². The summed E-state index contributed by atoms with van der Waals surface area (Å²) in [6.07, 6.45) is 4.74. The third kappa shape index (κ3) is 2.46. The van der Waals surface area contributed by atoms with Crippen LogP contribution in [-0.4, -0.2) is 10.9 Å². The summed E-state index contributed by atoms with van der Waals surface area (Å²) < 4.78 is 0. The van der Waals surface area contributed by atoms with Gasteiger partial charge < -0.3 is 11.1 Å². The monoisotopic (exact) mass is 273 g/mol. The second-order valence-corrected chi connectivity index (χ2v) is 5.69. The lowest BCUT2D eigenvalue weighted by molar-refractivity contribution is 0.0928. The van der Waals surface area contributed by atoms with Gasteiger partial charge in [0.15, 0.2) is 0 Å².